The predicted octanol–water partition coefficient (Wildman–Crippen LogP) is -0.801. The second-order valence-electron chi connectivity index (χ2n) is 1.62. The van der Waals surface area contributed by atoms with Crippen LogP contribution in [0.4, 0.5) is 0 Å². The first kappa shape index (κ1) is 5.03. The first-order valence-corrected chi connectivity index (χ1v) is 2.33. The lowest BCUT2D eigenvalue weighted by molar-refractivity contribution is -0.674. The van der Waals surface area contributed by atoms with E-state index < -0.39 is 0 Å². The number of nitrogens with zero attached hydrogens (tertiary/aromatic N) is 1. The highest BCUT2D eigenvalue weighted by molar-refractivity contribution is 4.71. The van der Waals surface area contributed by atoms with E-state index in [2.05, 4.69) is 4.98 Å². The maximum Gasteiger partial charge on any atom is 0.334 e. The molecule has 0 unspecified atom stereocenters. The van der Waals surface area contributed by atoms with Crippen molar-refractivity contribution < 1.29 is 4.57 Å². The Kier molecular flexibility index (Phi) is 1.12. The lowest BCUT2D eigenvalue weighted by Gasteiger charge is -1.80. The molecule has 3 heteroatoms. The van der Waals surface area contributed by atoms with Gasteiger partial charge in [0.2, 0.25) is 6.33 Å². The van der Waals surface area contributed by atoms with Crippen molar-refractivity contribution >= 4 is 0 Å². The van der Waals surface area contributed by atoms with E-state index in [1.54, 1.807) is 17.1 Å². The molecular weight excluding hydrogens is 104 g/mol. The third-order valence-electron chi connectivity index (χ3n) is 0.871. The topological polar surface area (TPSA) is 36.7 Å². The van der Waals surface area contributed by atoms with Gasteiger partial charge in [0, 0.05) is 0 Å². The Morgan fingerprint density at radius 1 is 1.75 bits per heavy atom. The Balaban J connectivity index is 3.22. The highest BCUT2D eigenvalue weighted by atomic mass is 16.1. The summed E-state index contributed by atoms with van der Waals surface area (Å²) in [5.41, 5.74) is -0.0666. The molecule has 0 radical (unpaired) electrons. The summed E-state index contributed by atoms with van der Waals surface area (Å²) in [5, 5.41) is 0. The van der Waals surface area contributed by atoms with Gasteiger partial charge in [-0.3, -0.25) is 0 Å². The van der Waals surface area contributed by atoms with Crippen molar-refractivity contribution in [3.63, 3.8) is 0 Å². The van der Waals surface area contributed by atoms with Gasteiger partial charge >= 0.3 is 5.56 Å². The van der Waals surface area contributed by atoms with E-state index in [9.17, 15) is 4.79 Å². The summed E-state index contributed by atoms with van der Waals surface area (Å²) in [6.45, 7) is 0. The fourth-order valence-electron chi connectivity index (χ4n) is 0.442. The van der Waals surface area contributed by atoms with Gasteiger partial charge in [-0.15, -0.1) is 0 Å². The quantitative estimate of drug-likeness (QED) is 0.437. The van der Waals surface area contributed by atoms with E-state index in [4.69, 9.17) is 0 Å². The van der Waals surface area contributed by atoms with Crippen LogP contribution in [0.5, 0.6) is 0 Å². The number of H-pyrrole nitrogens is 1. The molecule has 1 rings (SSSR count). The first-order chi connectivity index (χ1) is 3.79. The van der Waals surface area contributed by atoms with Gasteiger partial charge in [-0.05, 0) is 0 Å². The summed E-state index contributed by atoms with van der Waals surface area (Å²) in [7, 11) is 1.84. The zero-order chi connectivity index (χ0) is 5.98. The molecule has 0 aliphatic heterocycles. The summed E-state index contributed by atoms with van der Waals surface area (Å²) < 4.78 is 1.77. The number of hydrogen-bond donors (Lipinski definition) is 1. The lowest BCUT2D eigenvalue weighted by Crippen LogP contribution is -2.30. The first-order valence-electron chi connectivity index (χ1n) is 2.33. The van der Waals surface area contributed by atoms with Gasteiger partial charge in [0.25, 0.3) is 0 Å². The van der Waals surface area contributed by atoms with E-state index in [1.807, 2.05) is 7.05 Å². The van der Waals surface area contributed by atoms with Crippen LogP contribution in [0, 0.1) is 0 Å². The van der Waals surface area contributed by atoms with Crippen LogP contribution < -0.4 is 10.1 Å². The van der Waals surface area contributed by atoms with Gasteiger partial charge in [0.15, 0.2) is 0 Å². The molecule has 0 aliphatic rings. The van der Waals surface area contributed by atoms with Crippen molar-refractivity contribution in [2.45, 2.75) is 0 Å². The van der Waals surface area contributed by atoms with Crippen LogP contribution in [-0.4, -0.2) is 4.98 Å². The number of aromatic nitrogens is 2. The number of aromatic amines is 1. The minimum atomic E-state index is -0.0666. The molecule has 0 aliphatic carbocycles. The van der Waals surface area contributed by atoms with Crippen molar-refractivity contribution in [2.24, 2.45) is 7.05 Å². The SMILES string of the molecule is C[n+]1ccc(=O)[nH]c1. The Morgan fingerprint density at radius 3 is 2.88 bits per heavy atom. The third-order valence-corrected chi connectivity index (χ3v) is 0.871. The van der Waals surface area contributed by atoms with Crippen molar-refractivity contribution in [3.05, 3.63) is 28.9 Å². The van der Waals surface area contributed by atoms with Gasteiger partial charge < -0.3 is 0 Å². The molecular formula is C5H7N2O+. The molecule has 0 amide bonds. The van der Waals surface area contributed by atoms with Crippen LogP contribution in [0.25, 0.3) is 0 Å². The van der Waals surface area contributed by atoms with Gasteiger partial charge in [-0.1, -0.05) is 0 Å². The summed E-state index contributed by atoms with van der Waals surface area (Å²) >= 11 is 0. The van der Waals surface area contributed by atoms with E-state index in [1.165, 1.54) is 6.07 Å². The van der Waals surface area contributed by atoms with E-state index in [0.29, 0.717) is 0 Å². The molecule has 1 N–H and O–H groups in total. The number of hydrogen-bond acceptors (Lipinski definition) is 1. The fraction of sp³-hybridized carbons (Fsp3) is 0.200. The largest absolute Gasteiger partial charge is 0.334 e. The molecule has 3 nitrogen and oxygen atoms in total. The van der Waals surface area contributed by atoms with Crippen LogP contribution in [0.2, 0.25) is 0 Å². The van der Waals surface area contributed by atoms with Crippen LogP contribution in [0.15, 0.2) is 23.4 Å². The molecule has 42 valence electrons. The highest BCUT2D eigenvalue weighted by Crippen LogP contribution is 1.55. The van der Waals surface area contributed by atoms with Crippen LogP contribution in [0.3, 0.4) is 0 Å². The Hall–Kier alpha value is -1.12. The monoisotopic (exact) mass is 111 g/mol. The maximum absolute atomic E-state index is 10.4. The molecule has 1 aromatic heterocycles. The Labute approximate surface area is 46.6 Å². The van der Waals surface area contributed by atoms with Gasteiger partial charge in [-0.25, -0.2) is 14.3 Å². The number of nitrogens with one attached hydrogen (secondary N) is 1. The number of rotatable bonds is 0. The Bertz CT molecular complexity index is 208. The maximum atomic E-state index is 10.4. The second kappa shape index (κ2) is 1.78. The summed E-state index contributed by atoms with van der Waals surface area (Å²) in [6.07, 6.45) is 3.29. The van der Waals surface area contributed by atoms with Gasteiger partial charge in [0.05, 0.1) is 19.3 Å². The lowest BCUT2D eigenvalue weighted by atomic mass is 10.6. The standard InChI is InChI=1S/C5H6N2O/c1-7-3-2-5(8)6-4-7/h2-4H,1H3/p+1. The average molecular weight is 111 g/mol. The molecule has 0 saturated carbocycles. The van der Waals surface area contributed by atoms with E-state index in [-0.39, 0.29) is 5.56 Å². The third kappa shape index (κ3) is 0.932. The van der Waals surface area contributed by atoms with E-state index >= 15 is 0 Å². The number of aryl methyl sites for hydroxylation is 1. The van der Waals surface area contributed by atoms with Crippen LogP contribution in [-0.2, 0) is 7.05 Å². The van der Waals surface area contributed by atoms with Crippen LogP contribution >= 0.6 is 0 Å². The summed E-state index contributed by atoms with van der Waals surface area (Å²) in [6, 6.07) is 1.47. The smallest absolute Gasteiger partial charge is 0.243 e. The minimum Gasteiger partial charge on any atom is -0.243 e. The molecule has 8 heavy (non-hydrogen) atoms. The molecule has 0 spiro atoms. The zero-order valence-corrected chi connectivity index (χ0v) is 4.59. The molecule has 1 aromatic rings. The second-order valence-corrected chi connectivity index (χ2v) is 1.62. The summed E-state index contributed by atoms with van der Waals surface area (Å²) in [5.74, 6) is 0. The predicted molar refractivity (Wildman–Crippen MR) is 28.2 cm³/mol. The summed E-state index contributed by atoms with van der Waals surface area (Å²) in [4.78, 5) is 12.9. The molecule has 0 bridgehead atoms. The van der Waals surface area contributed by atoms with Crippen LogP contribution in [0.1, 0.15) is 0 Å². The molecule has 0 fully saturated rings. The Morgan fingerprint density at radius 2 is 2.50 bits per heavy atom. The minimum absolute atomic E-state index is 0.0666. The average Bonchev–Trinajstić information content (AvgIpc) is 1.77. The highest BCUT2D eigenvalue weighted by Gasteiger charge is 1.84. The van der Waals surface area contributed by atoms with Gasteiger partial charge in [0.1, 0.15) is 0 Å². The molecule has 0 saturated heterocycles. The van der Waals surface area contributed by atoms with Gasteiger partial charge in [-0.2, -0.15) is 0 Å². The molecule has 0 atom stereocenters. The van der Waals surface area contributed by atoms with Crippen molar-refractivity contribution in [1.29, 1.82) is 0 Å². The fourth-order valence-corrected chi connectivity index (χ4v) is 0.442. The molecule has 0 aromatic carbocycles. The normalized spacial score (nSPS) is 9.12. The zero-order valence-electron chi connectivity index (χ0n) is 4.59. The van der Waals surface area contributed by atoms with E-state index in [0.717, 1.165) is 0 Å². The van der Waals surface area contributed by atoms with Crippen molar-refractivity contribution in [1.82, 2.24) is 4.98 Å². The molecule has 1 heterocycles. The van der Waals surface area contributed by atoms with Crippen molar-refractivity contribution in [2.75, 3.05) is 0 Å². The van der Waals surface area contributed by atoms with Crippen molar-refractivity contribution in [3.8, 4) is 0 Å².